The van der Waals surface area contributed by atoms with Gasteiger partial charge in [-0.05, 0) is 42.0 Å². The highest BCUT2D eigenvalue weighted by molar-refractivity contribution is 7.19. The minimum atomic E-state index is -0.187. The largest absolute Gasteiger partial charge is 0.271 e. The van der Waals surface area contributed by atoms with E-state index in [4.69, 9.17) is 5.84 Å². The number of rotatable bonds is 6. The number of hydrogen-bond donors (Lipinski definition) is 2. The molecule has 2 aromatic rings. The highest BCUT2D eigenvalue weighted by atomic mass is 32.1. The van der Waals surface area contributed by atoms with Gasteiger partial charge < -0.3 is 0 Å². The maximum atomic E-state index is 13.2. The van der Waals surface area contributed by atoms with E-state index < -0.39 is 0 Å². The molecule has 0 aliphatic heterocycles. The molecule has 3 N–H and O–H groups in total. The minimum absolute atomic E-state index is 0.155. The molecule has 0 saturated heterocycles. The molecule has 19 heavy (non-hydrogen) atoms. The van der Waals surface area contributed by atoms with E-state index >= 15 is 0 Å². The van der Waals surface area contributed by atoms with Crippen LogP contribution < -0.4 is 11.3 Å². The van der Waals surface area contributed by atoms with Crippen molar-refractivity contribution in [2.24, 2.45) is 11.8 Å². The average molecular weight is 280 g/mol. The third kappa shape index (κ3) is 3.53. The van der Waals surface area contributed by atoms with Gasteiger partial charge >= 0.3 is 0 Å². The van der Waals surface area contributed by atoms with Crippen molar-refractivity contribution < 1.29 is 4.39 Å². The Bertz CT molecular complexity index is 538. The molecule has 4 heteroatoms. The van der Waals surface area contributed by atoms with Gasteiger partial charge in [0.15, 0.2) is 0 Å². The Morgan fingerprint density at radius 3 is 2.84 bits per heavy atom. The summed E-state index contributed by atoms with van der Waals surface area (Å²) >= 11 is 1.69. The maximum Gasteiger partial charge on any atom is 0.123 e. The van der Waals surface area contributed by atoms with E-state index in [1.807, 2.05) is 12.1 Å². The smallest absolute Gasteiger partial charge is 0.123 e. The molecule has 0 aliphatic rings. The zero-order valence-electron chi connectivity index (χ0n) is 11.4. The van der Waals surface area contributed by atoms with Gasteiger partial charge in [0, 0.05) is 9.58 Å². The van der Waals surface area contributed by atoms with E-state index in [1.165, 1.54) is 23.8 Å². The molecule has 0 bridgehead atoms. The lowest BCUT2D eigenvalue weighted by molar-refractivity contribution is 0.398. The fourth-order valence-electron chi connectivity index (χ4n) is 2.49. The minimum Gasteiger partial charge on any atom is -0.271 e. The van der Waals surface area contributed by atoms with Crippen LogP contribution in [0.1, 0.15) is 44.0 Å². The Morgan fingerprint density at radius 2 is 2.16 bits per heavy atom. The zero-order chi connectivity index (χ0) is 13.8. The van der Waals surface area contributed by atoms with Gasteiger partial charge in [-0.3, -0.25) is 11.3 Å². The Balaban J connectivity index is 2.20. The summed E-state index contributed by atoms with van der Waals surface area (Å²) in [6, 6.07) is 7.13. The van der Waals surface area contributed by atoms with E-state index in [9.17, 15) is 4.39 Å². The first kappa shape index (κ1) is 14.4. The van der Waals surface area contributed by atoms with Crippen LogP contribution in [-0.2, 0) is 0 Å². The molecular weight excluding hydrogens is 259 g/mol. The van der Waals surface area contributed by atoms with Gasteiger partial charge in [0.1, 0.15) is 5.82 Å². The first-order valence-corrected chi connectivity index (χ1v) is 7.60. The summed E-state index contributed by atoms with van der Waals surface area (Å²) in [4.78, 5) is 1.19. The standard InChI is InChI=1S/C15H21FN2S/c1-3-4-10(2)7-13(18-17)15-9-11-8-12(16)5-6-14(11)19-15/h5-6,8-10,13,18H,3-4,7,17H2,1-2H3. The quantitative estimate of drug-likeness (QED) is 0.609. The number of hydrogen-bond acceptors (Lipinski definition) is 3. The third-order valence-corrected chi connectivity index (χ3v) is 4.69. The van der Waals surface area contributed by atoms with Crippen molar-refractivity contribution in [1.29, 1.82) is 0 Å². The van der Waals surface area contributed by atoms with Crippen LogP contribution >= 0.6 is 11.3 Å². The Labute approximate surface area is 117 Å². The topological polar surface area (TPSA) is 38.0 Å². The molecule has 2 atom stereocenters. The molecule has 2 rings (SSSR count). The fraction of sp³-hybridized carbons (Fsp3) is 0.467. The maximum absolute atomic E-state index is 13.2. The van der Waals surface area contributed by atoms with Crippen LogP contribution in [0.4, 0.5) is 4.39 Å². The highest BCUT2D eigenvalue weighted by Crippen LogP contribution is 2.33. The van der Waals surface area contributed by atoms with Crippen LogP contribution in [0, 0.1) is 11.7 Å². The van der Waals surface area contributed by atoms with Crippen LogP contribution in [0.2, 0.25) is 0 Å². The summed E-state index contributed by atoms with van der Waals surface area (Å²) in [5.41, 5.74) is 2.90. The van der Waals surface area contributed by atoms with Crippen LogP contribution in [0.25, 0.3) is 10.1 Å². The van der Waals surface area contributed by atoms with Gasteiger partial charge in [-0.25, -0.2) is 4.39 Å². The van der Waals surface area contributed by atoms with E-state index in [0.29, 0.717) is 5.92 Å². The summed E-state index contributed by atoms with van der Waals surface area (Å²) < 4.78 is 14.3. The summed E-state index contributed by atoms with van der Waals surface area (Å²) in [5.74, 6) is 6.13. The lowest BCUT2D eigenvalue weighted by Crippen LogP contribution is -2.28. The molecule has 2 unspecified atom stereocenters. The second-order valence-corrected chi connectivity index (χ2v) is 6.30. The number of hydrazine groups is 1. The monoisotopic (exact) mass is 280 g/mol. The molecule has 0 saturated carbocycles. The number of thiophene rings is 1. The molecule has 0 amide bonds. The van der Waals surface area contributed by atoms with Crippen molar-refractivity contribution in [3.63, 3.8) is 0 Å². The van der Waals surface area contributed by atoms with Crippen LogP contribution in [0.15, 0.2) is 24.3 Å². The first-order chi connectivity index (χ1) is 9.13. The van der Waals surface area contributed by atoms with Crippen molar-refractivity contribution >= 4 is 21.4 Å². The van der Waals surface area contributed by atoms with Gasteiger partial charge in [-0.2, -0.15) is 0 Å². The lowest BCUT2D eigenvalue weighted by atomic mass is 9.96. The van der Waals surface area contributed by atoms with Crippen molar-refractivity contribution in [2.75, 3.05) is 0 Å². The van der Waals surface area contributed by atoms with E-state index in [2.05, 4.69) is 19.3 Å². The number of halogens is 1. The van der Waals surface area contributed by atoms with Gasteiger partial charge in [-0.1, -0.05) is 26.7 Å². The molecule has 2 nitrogen and oxygen atoms in total. The Kier molecular flexibility index (Phi) is 4.91. The van der Waals surface area contributed by atoms with Crippen molar-refractivity contribution in [2.45, 2.75) is 39.2 Å². The fourth-order valence-corrected chi connectivity index (χ4v) is 3.60. The molecule has 1 heterocycles. The molecule has 0 fully saturated rings. The molecule has 0 aliphatic carbocycles. The zero-order valence-corrected chi connectivity index (χ0v) is 12.3. The number of fused-ring (bicyclic) bond motifs is 1. The average Bonchev–Trinajstić information content (AvgIpc) is 2.78. The summed E-state index contributed by atoms with van der Waals surface area (Å²) in [7, 11) is 0. The molecule has 1 aromatic heterocycles. The van der Waals surface area contributed by atoms with Gasteiger partial charge in [0.05, 0.1) is 6.04 Å². The second-order valence-electron chi connectivity index (χ2n) is 5.18. The summed E-state index contributed by atoms with van der Waals surface area (Å²) in [6.07, 6.45) is 3.41. The van der Waals surface area contributed by atoms with Gasteiger partial charge in [0.25, 0.3) is 0 Å². The number of nitrogens with two attached hydrogens (primary N) is 1. The van der Waals surface area contributed by atoms with E-state index in [0.717, 1.165) is 16.5 Å². The van der Waals surface area contributed by atoms with E-state index in [1.54, 1.807) is 17.4 Å². The van der Waals surface area contributed by atoms with Gasteiger partial charge in [-0.15, -0.1) is 11.3 Å². The molecule has 0 spiro atoms. The van der Waals surface area contributed by atoms with Crippen molar-refractivity contribution in [3.8, 4) is 0 Å². The van der Waals surface area contributed by atoms with Gasteiger partial charge in [0.2, 0.25) is 0 Å². The number of nitrogens with one attached hydrogen (secondary N) is 1. The second kappa shape index (κ2) is 6.46. The SMILES string of the molecule is CCCC(C)CC(NN)c1cc2cc(F)ccc2s1. The summed E-state index contributed by atoms with van der Waals surface area (Å²) in [6.45, 7) is 4.45. The Hall–Kier alpha value is -0.970. The van der Waals surface area contributed by atoms with Crippen molar-refractivity contribution in [1.82, 2.24) is 5.43 Å². The third-order valence-electron chi connectivity index (χ3n) is 3.46. The molecular formula is C15H21FN2S. The van der Waals surface area contributed by atoms with Crippen LogP contribution in [-0.4, -0.2) is 0 Å². The van der Waals surface area contributed by atoms with E-state index in [-0.39, 0.29) is 11.9 Å². The lowest BCUT2D eigenvalue weighted by Gasteiger charge is -2.18. The highest BCUT2D eigenvalue weighted by Gasteiger charge is 2.16. The molecule has 0 radical (unpaired) electrons. The summed E-state index contributed by atoms with van der Waals surface area (Å²) in [5, 5.41) is 0.961. The Morgan fingerprint density at radius 1 is 1.37 bits per heavy atom. The van der Waals surface area contributed by atoms with Crippen LogP contribution in [0.5, 0.6) is 0 Å². The normalized spacial score (nSPS) is 14.7. The molecule has 1 aromatic carbocycles. The molecule has 104 valence electrons. The predicted octanol–water partition coefficient (Wildman–Crippen LogP) is 4.37. The van der Waals surface area contributed by atoms with Crippen LogP contribution in [0.3, 0.4) is 0 Å². The van der Waals surface area contributed by atoms with Crippen molar-refractivity contribution in [3.05, 3.63) is 35.0 Å². The predicted molar refractivity (Wildman–Crippen MR) is 80.5 cm³/mol. The number of benzene rings is 1. The first-order valence-electron chi connectivity index (χ1n) is 6.79.